The van der Waals surface area contributed by atoms with E-state index in [9.17, 15) is 9.18 Å². The van der Waals surface area contributed by atoms with Gasteiger partial charge in [-0.25, -0.2) is 4.39 Å². The Morgan fingerprint density at radius 2 is 1.69 bits per heavy atom. The molecule has 0 unspecified atom stereocenters. The third-order valence-electron chi connectivity index (χ3n) is 5.40. The van der Waals surface area contributed by atoms with E-state index in [0.29, 0.717) is 11.5 Å². The molecule has 0 bridgehead atoms. The molecule has 2 nitrogen and oxygen atoms in total. The number of nitrogens with zero attached hydrogens (tertiary/aromatic N) is 1. The zero-order chi connectivity index (χ0) is 20.5. The SMILES string of the molecule is Cc1ccc(CC(=O)n2cc(-c3ccccc3C(C)C)c3ccccc32)c(F)c1. The number of carbonyl (C=O) groups excluding carboxylic acids is 1. The van der Waals surface area contributed by atoms with Gasteiger partial charge in [-0.2, -0.15) is 0 Å². The van der Waals surface area contributed by atoms with E-state index in [4.69, 9.17) is 0 Å². The average molecular weight is 385 g/mol. The van der Waals surface area contributed by atoms with Gasteiger partial charge in [0.1, 0.15) is 5.82 Å². The largest absolute Gasteiger partial charge is 0.286 e. The molecule has 0 spiro atoms. The molecule has 3 heteroatoms. The molecule has 3 aromatic carbocycles. The summed E-state index contributed by atoms with van der Waals surface area (Å²) in [7, 11) is 0. The van der Waals surface area contributed by atoms with E-state index in [1.54, 1.807) is 10.6 Å². The smallest absolute Gasteiger partial charge is 0.235 e. The summed E-state index contributed by atoms with van der Waals surface area (Å²) >= 11 is 0. The first kappa shape index (κ1) is 19.1. The molecule has 0 aliphatic rings. The molecule has 0 aliphatic carbocycles. The Bertz CT molecular complexity index is 1200. The Balaban J connectivity index is 1.82. The van der Waals surface area contributed by atoms with Crippen LogP contribution in [0, 0.1) is 12.7 Å². The van der Waals surface area contributed by atoms with Gasteiger partial charge in [0, 0.05) is 17.1 Å². The van der Waals surface area contributed by atoms with Crippen LogP contribution in [0.3, 0.4) is 0 Å². The number of hydrogen-bond donors (Lipinski definition) is 0. The van der Waals surface area contributed by atoms with Crippen molar-refractivity contribution in [2.45, 2.75) is 33.1 Å². The minimum Gasteiger partial charge on any atom is -0.286 e. The summed E-state index contributed by atoms with van der Waals surface area (Å²) in [5.41, 5.74) is 5.51. The third-order valence-corrected chi connectivity index (χ3v) is 5.40. The Morgan fingerprint density at radius 3 is 2.45 bits per heavy atom. The van der Waals surface area contributed by atoms with E-state index in [2.05, 4.69) is 26.0 Å². The molecular formula is C26H24FNO. The van der Waals surface area contributed by atoms with Crippen LogP contribution in [0.15, 0.2) is 72.9 Å². The van der Waals surface area contributed by atoms with Crippen molar-refractivity contribution in [1.82, 2.24) is 4.57 Å². The summed E-state index contributed by atoms with van der Waals surface area (Å²) in [6.45, 7) is 6.18. The van der Waals surface area contributed by atoms with Crippen LogP contribution >= 0.6 is 0 Å². The molecule has 4 rings (SSSR count). The van der Waals surface area contributed by atoms with Crippen molar-refractivity contribution >= 4 is 16.8 Å². The van der Waals surface area contributed by atoms with Gasteiger partial charge in [0.15, 0.2) is 0 Å². The molecule has 29 heavy (non-hydrogen) atoms. The second-order valence-electron chi connectivity index (χ2n) is 7.84. The Hall–Kier alpha value is -3.20. The summed E-state index contributed by atoms with van der Waals surface area (Å²) in [5, 5.41) is 1.03. The van der Waals surface area contributed by atoms with Crippen LogP contribution in [0.4, 0.5) is 4.39 Å². The lowest BCUT2D eigenvalue weighted by atomic mass is 9.92. The van der Waals surface area contributed by atoms with Gasteiger partial charge in [0.05, 0.1) is 11.9 Å². The number of para-hydroxylation sites is 1. The fourth-order valence-corrected chi connectivity index (χ4v) is 3.89. The van der Waals surface area contributed by atoms with Crippen LogP contribution < -0.4 is 0 Å². The van der Waals surface area contributed by atoms with E-state index in [-0.39, 0.29) is 18.1 Å². The molecule has 0 atom stereocenters. The summed E-state index contributed by atoms with van der Waals surface area (Å²) in [5.74, 6) is -0.108. The molecule has 0 saturated heterocycles. The number of halogens is 1. The van der Waals surface area contributed by atoms with Gasteiger partial charge in [-0.05, 0) is 47.2 Å². The number of benzene rings is 3. The van der Waals surface area contributed by atoms with E-state index in [1.807, 2.05) is 55.6 Å². The van der Waals surface area contributed by atoms with Gasteiger partial charge in [-0.3, -0.25) is 9.36 Å². The predicted octanol–water partition coefficient (Wildman–Crippen LogP) is 6.76. The van der Waals surface area contributed by atoms with Gasteiger partial charge in [0.25, 0.3) is 0 Å². The summed E-state index contributed by atoms with van der Waals surface area (Å²) in [6, 6.07) is 21.2. The van der Waals surface area contributed by atoms with Gasteiger partial charge >= 0.3 is 0 Å². The molecule has 1 aromatic heterocycles. The van der Waals surface area contributed by atoms with Crippen molar-refractivity contribution in [3.63, 3.8) is 0 Å². The minimum absolute atomic E-state index is 0.0239. The standard InChI is InChI=1S/C26H24FNO/c1-17(2)20-8-4-5-9-21(20)23-16-28(25-11-7-6-10-22(23)25)26(29)15-19-13-12-18(3)14-24(19)27/h4-14,16-17H,15H2,1-3H3. The van der Waals surface area contributed by atoms with Gasteiger partial charge < -0.3 is 0 Å². The highest BCUT2D eigenvalue weighted by Gasteiger charge is 2.18. The second-order valence-corrected chi connectivity index (χ2v) is 7.84. The van der Waals surface area contributed by atoms with Crippen molar-refractivity contribution in [2.75, 3.05) is 0 Å². The van der Waals surface area contributed by atoms with E-state index in [0.717, 1.165) is 27.6 Å². The lowest BCUT2D eigenvalue weighted by molar-refractivity contribution is 0.0918. The van der Waals surface area contributed by atoms with Crippen molar-refractivity contribution < 1.29 is 9.18 Å². The maximum absolute atomic E-state index is 14.3. The van der Waals surface area contributed by atoms with Crippen LogP contribution in [-0.4, -0.2) is 10.5 Å². The topological polar surface area (TPSA) is 22.0 Å². The molecule has 4 aromatic rings. The quantitative estimate of drug-likeness (QED) is 0.380. The molecule has 0 aliphatic heterocycles. The van der Waals surface area contributed by atoms with Gasteiger partial charge in [0.2, 0.25) is 5.91 Å². The van der Waals surface area contributed by atoms with Crippen LogP contribution in [0.5, 0.6) is 0 Å². The minimum atomic E-state index is -0.333. The Kier molecular flexibility index (Phi) is 5.06. The highest BCUT2D eigenvalue weighted by atomic mass is 19.1. The number of aryl methyl sites for hydroxylation is 1. The summed E-state index contributed by atoms with van der Waals surface area (Å²) in [4.78, 5) is 13.1. The fraction of sp³-hybridized carbons (Fsp3) is 0.192. The lowest BCUT2D eigenvalue weighted by Crippen LogP contribution is -2.13. The Morgan fingerprint density at radius 1 is 0.966 bits per heavy atom. The van der Waals surface area contributed by atoms with Crippen LogP contribution in [0.25, 0.3) is 22.0 Å². The predicted molar refractivity (Wildman–Crippen MR) is 117 cm³/mol. The molecule has 0 amide bonds. The lowest BCUT2D eigenvalue weighted by Gasteiger charge is -2.11. The van der Waals surface area contributed by atoms with E-state index < -0.39 is 0 Å². The highest BCUT2D eigenvalue weighted by molar-refractivity contribution is 6.02. The third kappa shape index (κ3) is 3.61. The zero-order valence-corrected chi connectivity index (χ0v) is 16.9. The first-order valence-corrected chi connectivity index (χ1v) is 9.93. The number of rotatable bonds is 4. The van der Waals surface area contributed by atoms with Crippen molar-refractivity contribution in [3.8, 4) is 11.1 Å². The normalized spacial score (nSPS) is 11.3. The molecule has 0 N–H and O–H groups in total. The maximum Gasteiger partial charge on any atom is 0.235 e. The van der Waals surface area contributed by atoms with Crippen molar-refractivity contribution in [2.24, 2.45) is 0 Å². The molecule has 0 fully saturated rings. The average Bonchev–Trinajstić information content (AvgIpc) is 3.10. The van der Waals surface area contributed by atoms with E-state index in [1.165, 1.54) is 11.6 Å². The van der Waals surface area contributed by atoms with Gasteiger partial charge in [-0.1, -0.05) is 68.4 Å². The number of aromatic nitrogens is 1. The summed E-state index contributed by atoms with van der Waals surface area (Å²) < 4.78 is 16.0. The van der Waals surface area contributed by atoms with Gasteiger partial charge in [-0.15, -0.1) is 0 Å². The maximum atomic E-state index is 14.3. The van der Waals surface area contributed by atoms with E-state index >= 15 is 0 Å². The number of carbonyl (C=O) groups is 1. The van der Waals surface area contributed by atoms with Crippen LogP contribution in [-0.2, 0) is 6.42 Å². The molecule has 146 valence electrons. The highest BCUT2D eigenvalue weighted by Crippen LogP contribution is 2.35. The first-order valence-electron chi connectivity index (χ1n) is 9.93. The number of fused-ring (bicyclic) bond motifs is 1. The van der Waals surface area contributed by atoms with Crippen LogP contribution in [0.2, 0.25) is 0 Å². The summed E-state index contributed by atoms with van der Waals surface area (Å²) in [6.07, 6.45) is 1.93. The van der Waals surface area contributed by atoms with Crippen LogP contribution in [0.1, 0.15) is 41.3 Å². The van der Waals surface area contributed by atoms with Crippen molar-refractivity contribution in [3.05, 3.63) is 95.4 Å². The second kappa shape index (κ2) is 7.67. The molecule has 0 saturated carbocycles. The number of hydrogen-bond acceptors (Lipinski definition) is 1. The molecule has 1 heterocycles. The Labute approximate surface area is 170 Å². The van der Waals surface area contributed by atoms with Crippen molar-refractivity contribution in [1.29, 1.82) is 0 Å². The fourth-order valence-electron chi connectivity index (χ4n) is 3.89. The monoisotopic (exact) mass is 385 g/mol. The zero-order valence-electron chi connectivity index (χ0n) is 16.9. The molecular weight excluding hydrogens is 361 g/mol. The molecule has 0 radical (unpaired) electrons. The first-order chi connectivity index (χ1) is 14.0.